The van der Waals surface area contributed by atoms with Gasteiger partial charge in [-0.1, -0.05) is 18.2 Å². The Hall–Kier alpha value is -2.37. The lowest BCUT2D eigenvalue weighted by atomic mass is 10.1. The molecule has 1 aliphatic heterocycles. The van der Waals surface area contributed by atoms with Gasteiger partial charge in [0, 0.05) is 24.7 Å². The van der Waals surface area contributed by atoms with Gasteiger partial charge >= 0.3 is 0 Å². The summed E-state index contributed by atoms with van der Waals surface area (Å²) in [5, 5.41) is 4.60. The molecule has 1 fully saturated rings. The Morgan fingerprint density at radius 1 is 1.00 bits per heavy atom. The molecule has 0 aliphatic carbocycles. The fraction of sp³-hybridized carbons (Fsp3) is 0.333. The molecule has 0 amide bonds. The van der Waals surface area contributed by atoms with Crippen LogP contribution < -0.4 is 4.74 Å². The number of nitrogens with zero attached hydrogens (tertiary/aromatic N) is 4. The van der Waals surface area contributed by atoms with E-state index < -0.39 is 0 Å². The van der Waals surface area contributed by atoms with Crippen molar-refractivity contribution in [2.24, 2.45) is 7.05 Å². The van der Waals surface area contributed by atoms with Crippen LogP contribution in [-0.2, 0) is 13.6 Å². The summed E-state index contributed by atoms with van der Waals surface area (Å²) in [4.78, 5) is 7.29. The van der Waals surface area contributed by atoms with E-state index in [-0.39, 0.29) is 12.4 Å². The van der Waals surface area contributed by atoms with Crippen LogP contribution in [-0.4, -0.2) is 39.9 Å². The van der Waals surface area contributed by atoms with Crippen LogP contribution in [0.1, 0.15) is 18.4 Å². The fourth-order valence-corrected chi connectivity index (χ4v) is 3.51. The number of hydrogen-bond acceptors (Lipinski definition) is 4. The zero-order valence-electron chi connectivity index (χ0n) is 15.8. The summed E-state index contributed by atoms with van der Waals surface area (Å²) < 4.78 is 7.08. The second-order valence-corrected chi connectivity index (χ2v) is 6.79. The van der Waals surface area contributed by atoms with Crippen LogP contribution in [0, 0.1) is 0 Å². The van der Waals surface area contributed by atoms with E-state index in [9.17, 15) is 0 Å². The topological polar surface area (TPSA) is 43.2 Å². The van der Waals surface area contributed by atoms with Crippen LogP contribution in [0.5, 0.6) is 5.75 Å². The van der Waals surface area contributed by atoms with Gasteiger partial charge in [-0.25, -0.2) is 9.67 Å². The predicted molar refractivity (Wildman–Crippen MR) is 110 cm³/mol. The molecule has 6 heteroatoms. The van der Waals surface area contributed by atoms with E-state index in [4.69, 9.17) is 9.72 Å². The highest BCUT2D eigenvalue weighted by molar-refractivity contribution is 5.85. The molecule has 27 heavy (non-hydrogen) atoms. The van der Waals surface area contributed by atoms with E-state index in [0.29, 0.717) is 0 Å². The normalized spacial score (nSPS) is 14.1. The third kappa shape index (κ3) is 4.31. The summed E-state index contributed by atoms with van der Waals surface area (Å²) in [5.74, 6) is 2.45. The number of aromatic nitrogens is 3. The predicted octanol–water partition coefficient (Wildman–Crippen LogP) is 4.18. The van der Waals surface area contributed by atoms with Gasteiger partial charge in [-0.05, 0) is 61.8 Å². The van der Waals surface area contributed by atoms with E-state index in [0.717, 1.165) is 35.1 Å². The molecule has 1 saturated heterocycles. The maximum absolute atomic E-state index is 5.22. The molecule has 0 saturated carbocycles. The number of halogens is 1. The average Bonchev–Trinajstić information content (AvgIpc) is 3.32. The highest BCUT2D eigenvalue weighted by Crippen LogP contribution is 2.25. The summed E-state index contributed by atoms with van der Waals surface area (Å²) in [7, 11) is 3.61. The SMILES string of the molecule is COc1ccc(-c2nc(-c3cccc(CN4CCCC4)c3)n(C)n2)cc1.Cl. The van der Waals surface area contributed by atoms with Crippen molar-refractivity contribution in [1.29, 1.82) is 0 Å². The first-order valence-electron chi connectivity index (χ1n) is 9.10. The van der Waals surface area contributed by atoms with Gasteiger partial charge in [-0.3, -0.25) is 4.90 Å². The molecule has 0 spiro atoms. The molecule has 3 aromatic rings. The highest BCUT2D eigenvalue weighted by Gasteiger charge is 2.14. The lowest BCUT2D eigenvalue weighted by Gasteiger charge is -2.15. The molecule has 0 unspecified atom stereocenters. The van der Waals surface area contributed by atoms with Gasteiger partial charge in [0.15, 0.2) is 11.6 Å². The molecule has 2 heterocycles. The van der Waals surface area contributed by atoms with Crippen molar-refractivity contribution in [3.8, 4) is 28.5 Å². The Bertz CT molecular complexity index is 885. The Morgan fingerprint density at radius 3 is 2.44 bits per heavy atom. The molecule has 1 aliphatic rings. The Balaban J connectivity index is 0.00000210. The Labute approximate surface area is 166 Å². The van der Waals surface area contributed by atoms with Gasteiger partial charge in [-0.2, -0.15) is 5.10 Å². The van der Waals surface area contributed by atoms with E-state index in [1.165, 1.54) is 31.5 Å². The van der Waals surface area contributed by atoms with Crippen molar-refractivity contribution in [2.45, 2.75) is 19.4 Å². The van der Waals surface area contributed by atoms with Gasteiger partial charge in [0.25, 0.3) is 0 Å². The number of rotatable bonds is 5. The Kier molecular flexibility index (Phi) is 6.14. The summed E-state index contributed by atoms with van der Waals surface area (Å²) in [6, 6.07) is 16.5. The second-order valence-electron chi connectivity index (χ2n) is 6.79. The molecule has 0 N–H and O–H groups in total. The van der Waals surface area contributed by atoms with Crippen molar-refractivity contribution in [1.82, 2.24) is 19.7 Å². The number of methoxy groups -OCH3 is 1. The van der Waals surface area contributed by atoms with Crippen molar-refractivity contribution in [3.63, 3.8) is 0 Å². The molecule has 5 nitrogen and oxygen atoms in total. The summed E-state index contributed by atoms with van der Waals surface area (Å²) in [6.07, 6.45) is 2.63. The van der Waals surface area contributed by atoms with Crippen LogP contribution >= 0.6 is 12.4 Å². The molecule has 142 valence electrons. The smallest absolute Gasteiger partial charge is 0.181 e. The molecular formula is C21H25ClN4O. The van der Waals surface area contributed by atoms with Crippen LogP contribution in [0.3, 0.4) is 0 Å². The van der Waals surface area contributed by atoms with Crippen molar-refractivity contribution >= 4 is 12.4 Å². The molecule has 0 atom stereocenters. The van der Waals surface area contributed by atoms with Crippen LogP contribution in [0.2, 0.25) is 0 Å². The zero-order chi connectivity index (χ0) is 17.9. The minimum absolute atomic E-state index is 0. The first-order valence-corrected chi connectivity index (χ1v) is 9.10. The van der Waals surface area contributed by atoms with Crippen molar-refractivity contribution < 1.29 is 4.74 Å². The minimum Gasteiger partial charge on any atom is -0.497 e. The Morgan fingerprint density at radius 2 is 1.74 bits per heavy atom. The lowest BCUT2D eigenvalue weighted by molar-refractivity contribution is 0.331. The van der Waals surface area contributed by atoms with Crippen LogP contribution in [0.25, 0.3) is 22.8 Å². The number of aryl methyl sites for hydroxylation is 1. The molecule has 1 aromatic heterocycles. The first kappa shape index (κ1) is 19.4. The quantitative estimate of drug-likeness (QED) is 0.662. The fourth-order valence-electron chi connectivity index (χ4n) is 3.51. The van der Waals surface area contributed by atoms with E-state index in [1.807, 2.05) is 36.0 Å². The van der Waals surface area contributed by atoms with E-state index >= 15 is 0 Å². The van der Waals surface area contributed by atoms with Gasteiger partial charge in [0.1, 0.15) is 5.75 Å². The molecule has 0 radical (unpaired) electrons. The molecule has 2 aromatic carbocycles. The van der Waals surface area contributed by atoms with Crippen LogP contribution in [0.4, 0.5) is 0 Å². The standard InChI is InChI=1S/C21H24N4O.ClH/c1-24-21(22-20(23-24)17-8-10-19(26-2)11-9-17)18-7-5-6-16(14-18)15-25-12-3-4-13-25;/h5-11,14H,3-4,12-13,15H2,1-2H3;1H. The number of ether oxygens (including phenoxy) is 1. The number of benzene rings is 2. The van der Waals surface area contributed by atoms with Gasteiger partial charge in [-0.15, -0.1) is 12.4 Å². The maximum Gasteiger partial charge on any atom is 0.181 e. The summed E-state index contributed by atoms with van der Waals surface area (Å²) in [5.41, 5.74) is 3.43. The third-order valence-electron chi connectivity index (χ3n) is 4.90. The highest BCUT2D eigenvalue weighted by atomic mass is 35.5. The number of likely N-dealkylation sites (tertiary alicyclic amines) is 1. The summed E-state index contributed by atoms with van der Waals surface area (Å²) in [6.45, 7) is 3.42. The third-order valence-corrected chi connectivity index (χ3v) is 4.90. The number of hydrogen-bond donors (Lipinski definition) is 0. The van der Waals surface area contributed by atoms with Gasteiger partial charge in [0.2, 0.25) is 0 Å². The maximum atomic E-state index is 5.22. The van der Waals surface area contributed by atoms with Crippen molar-refractivity contribution in [3.05, 3.63) is 54.1 Å². The van der Waals surface area contributed by atoms with Crippen LogP contribution in [0.15, 0.2) is 48.5 Å². The average molecular weight is 385 g/mol. The van der Waals surface area contributed by atoms with E-state index in [2.05, 4.69) is 34.3 Å². The molecular weight excluding hydrogens is 360 g/mol. The largest absolute Gasteiger partial charge is 0.497 e. The monoisotopic (exact) mass is 384 g/mol. The first-order chi connectivity index (χ1) is 12.7. The van der Waals surface area contributed by atoms with Gasteiger partial charge in [0.05, 0.1) is 7.11 Å². The lowest BCUT2D eigenvalue weighted by Crippen LogP contribution is -2.18. The molecule has 0 bridgehead atoms. The second kappa shape index (κ2) is 8.55. The van der Waals surface area contributed by atoms with Crippen molar-refractivity contribution in [2.75, 3.05) is 20.2 Å². The molecule has 4 rings (SSSR count). The van der Waals surface area contributed by atoms with E-state index in [1.54, 1.807) is 7.11 Å². The minimum atomic E-state index is 0. The zero-order valence-corrected chi connectivity index (χ0v) is 16.6. The van der Waals surface area contributed by atoms with Gasteiger partial charge < -0.3 is 4.74 Å². The summed E-state index contributed by atoms with van der Waals surface area (Å²) >= 11 is 0.